The van der Waals surface area contributed by atoms with Crippen molar-refractivity contribution in [2.24, 2.45) is 0 Å². The normalized spacial score (nSPS) is 14.2. The van der Waals surface area contributed by atoms with Crippen LogP contribution in [0.3, 0.4) is 0 Å². The van der Waals surface area contributed by atoms with E-state index in [0.29, 0.717) is 13.2 Å². The molecular weight excluding hydrogens is 280 g/mol. The van der Waals surface area contributed by atoms with Crippen molar-refractivity contribution in [2.45, 2.75) is 90.3 Å². The second-order valence-corrected chi connectivity index (χ2v) is 6.30. The van der Waals surface area contributed by atoms with Crippen LogP contribution in [-0.4, -0.2) is 48.8 Å². The van der Waals surface area contributed by atoms with Crippen molar-refractivity contribution in [3.05, 3.63) is 0 Å². The van der Waals surface area contributed by atoms with Crippen LogP contribution in [0.1, 0.15) is 78.1 Å². The molecule has 0 aliphatic heterocycles. The summed E-state index contributed by atoms with van der Waals surface area (Å²) in [5.41, 5.74) is 0. The van der Waals surface area contributed by atoms with E-state index >= 15 is 0 Å². The molecule has 0 amide bonds. The van der Waals surface area contributed by atoms with Crippen molar-refractivity contribution in [2.75, 3.05) is 26.4 Å². The summed E-state index contributed by atoms with van der Waals surface area (Å²) >= 11 is 0. The Labute approximate surface area is 137 Å². The molecule has 0 bridgehead atoms. The largest absolute Gasteiger partial charge is 0.391 e. The fourth-order valence-electron chi connectivity index (χ4n) is 2.33. The Morgan fingerprint density at radius 1 is 0.682 bits per heavy atom. The van der Waals surface area contributed by atoms with Gasteiger partial charge < -0.3 is 19.7 Å². The molecule has 0 saturated heterocycles. The highest BCUT2D eigenvalue weighted by Gasteiger charge is 2.05. The van der Waals surface area contributed by atoms with Gasteiger partial charge in [0.25, 0.3) is 0 Å². The Kier molecular flexibility index (Phi) is 17.1. The van der Waals surface area contributed by atoms with E-state index in [9.17, 15) is 5.11 Å². The molecule has 4 nitrogen and oxygen atoms in total. The van der Waals surface area contributed by atoms with E-state index in [1.807, 2.05) is 0 Å². The monoisotopic (exact) mass is 318 g/mol. The molecular formula is C18H38O4. The summed E-state index contributed by atoms with van der Waals surface area (Å²) in [7, 11) is 0. The maximum atomic E-state index is 9.59. The first-order valence-corrected chi connectivity index (χ1v) is 9.18. The molecule has 0 aliphatic carbocycles. The second-order valence-electron chi connectivity index (χ2n) is 6.30. The van der Waals surface area contributed by atoms with E-state index in [-0.39, 0.29) is 13.2 Å². The summed E-state index contributed by atoms with van der Waals surface area (Å²) in [5.74, 6) is 0. The van der Waals surface area contributed by atoms with Crippen molar-refractivity contribution in [3.63, 3.8) is 0 Å². The Morgan fingerprint density at radius 3 is 1.73 bits per heavy atom. The molecule has 0 radical (unpaired) electrons. The van der Waals surface area contributed by atoms with Crippen molar-refractivity contribution < 1.29 is 19.7 Å². The summed E-state index contributed by atoms with van der Waals surface area (Å²) in [6, 6.07) is 0. The highest BCUT2D eigenvalue weighted by Crippen LogP contribution is 2.10. The summed E-state index contributed by atoms with van der Waals surface area (Å²) in [6.07, 6.45) is 12.1. The SMILES string of the molecule is CCCCCCCCCCCCOCC(O)COCC(C)O. The van der Waals surface area contributed by atoms with Gasteiger partial charge in [-0.1, -0.05) is 64.7 Å². The molecule has 2 N–H and O–H groups in total. The molecule has 0 heterocycles. The lowest BCUT2D eigenvalue weighted by molar-refractivity contribution is -0.0368. The van der Waals surface area contributed by atoms with E-state index in [0.717, 1.165) is 6.42 Å². The number of ether oxygens (including phenoxy) is 2. The molecule has 2 unspecified atom stereocenters. The van der Waals surface area contributed by atoms with Gasteiger partial charge in [-0.2, -0.15) is 0 Å². The number of hydrogen-bond acceptors (Lipinski definition) is 4. The molecule has 0 aliphatic rings. The lowest BCUT2D eigenvalue weighted by Gasteiger charge is -2.12. The topological polar surface area (TPSA) is 58.9 Å². The van der Waals surface area contributed by atoms with Gasteiger partial charge in [0, 0.05) is 6.61 Å². The summed E-state index contributed by atoms with van der Waals surface area (Å²) < 4.78 is 10.6. The number of aliphatic hydroxyl groups is 2. The first-order valence-electron chi connectivity index (χ1n) is 9.18. The standard InChI is InChI=1S/C18H38O4/c1-3-4-5-6-7-8-9-10-11-12-13-21-15-18(20)16-22-14-17(2)19/h17-20H,3-16H2,1-2H3. The summed E-state index contributed by atoms with van der Waals surface area (Å²) in [6.45, 7) is 5.43. The van der Waals surface area contributed by atoms with Crippen LogP contribution in [0.15, 0.2) is 0 Å². The van der Waals surface area contributed by atoms with Crippen LogP contribution in [-0.2, 0) is 9.47 Å². The zero-order chi connectivity index (χ0) is 16.5. The molecule has 0 aromatic rings. The van der Waals surface area contributed by atoms with Crippen LogP contribution in [0, 0.1) is 0 Å². The van der Waals surface area contributed by atoms with E-state index in [4.69, 9.17) is 14.6 Å². The van der Waals surface area contributed by atoms with Crippen LogP contribution in [0.5, 0.6) is 0 Å². The molecule has 4 heteroatoms. The van der Waals surface area contributed by atoms with Gasteiger partial charge in [-0.3, -0.25) is 0 Å². The highest BCUT2D eigenvalue weighted by atomic mass is 16.5. The minimum Gasteiger partial charge on any atom is -0.391 e. The van der Waals surface area contributed by atoms with Crippen molar-refractivity contribution in [1.29, 1.82) is 0 Å². The van der Waals surface area contributed by atoms with Gasteiger partial charge in [0.2, 0.25) is 0 Å². The van der Waals surface area contributed by atoms with Crippen LogP contribution < -0.4 is 0 Å². The average molecular weight is 318 g/mol. The second kappa shape index (κ2) is 17.2. The van der Waals surface area contributed by atoms with Crippen molar-refractivity contribution in [1.82, 2.24) is 0 Å². The Balaban J connectivity index is 3.10. The van der Waals surface area contributed by atoms with Gasteiger partial charge in [0.1, 0.15) is 6.10 Å². The number of hydrogen-bond donors (Lipinski definition) is 2. The first-order chi connectivity index (χ1) is 10.7. The summed E-state index contributed by atoms with van der Waals surface area (Å²) in [4.78, 5) is 0. The molecule has 0 spiro atoms. The minimum absolute atomic E-state index is 0.225. The van der Waals surface area contributed by atoms with Gasteiger partial charge in [-0.15, -0.1) is 0 Å². The average Bonchev–Trinajstić information content (AvgIpc) is 2.48. The van der Waals surface area contributed by atoms with Gasteiger partial charge in [0.05, 0.1) is 25.9 Å². The molecule has 22 heavy (non-hydrogen) atoms. The Morgan fingerprint density at radius 2 is 1.18 bits per heavy atom. The number of unbranched alkanes of at least 4 members (excludes halogenated alkanes) is 9. The van der Waals surface area contributed by atoms with Crippen molar-refractivity contribution >= 4 is 0 Å². The zero-order valence-corrected chi connectivity index (χ0v) is 14.8. The fourth-order valence-corrected chi connectivity index (χ4v) is 2.33. The van der Waals surface area contributed by atoms with Crippen LogP contribution in [0.4, 0.5) is 0 Å². The zero-order valence-electron chi connectivity index (χ0n) is 14.8. The quantitative estimate of drug-likeness (QED) is 0.402. The van der Waals surface area contributed by atoms with Crippen molar-refractivity contribution in [3.8, 4) is 0 Å². The third kappa shape index (κ3) is 17.9. The maximum Gasteiger partial charge on any atom is 0.101 e. The molecule has 0 saturated carbocycles. The molecule has 2 atom stereocenters. The molecule has 0 aromatic carbocycles. The van der Waals surface area contributed by atoms with E-state index in [1.165, 1.54) is 57.8 Å². The van der Waals surface area contributed by atoms with Crippen LogP contribution in [0.2, 0.25) is 0 Å². The lowest BCUT2D eigenvalue weighted by Crippen LogP contribution is -2.24. The highest BCUT2D eigenvalue weighted by molar-refractivity contribution is 4.53. The van der Waals surface area contributed by atoms with Gasteiger partial charge in [0.15, 0.2) is 0 Å². The predicted octanol–water partition coefficient (Wildman–Crippen LogP) is 3.68. The Bertz CT molecular complexity index is 209. The van der Waals surface area contributed by atoms with Crippen LogP contribution >= 0.6 is 0 Å². The van der Waals surface area contributed by atoms with E-state index < -0.39 is 12.2 Å². The van der Waals surface area contributed by atoms with Crippen LogP contribution in [0.25, 0.3) is 0 Å². The summed E-state index contributed by atoms with van der Waals surface area (Å²) in [5, 5.41) is 18.6. The maximum absolute atomic E-state index is 9.59. The van der Waals surface area contributed by atoms with Gasteiger partial charge in [-0.05, 0) is 13.3 Å². The lowest BCUT2D eigenvalue weighted by atomic mass is 10.1. The minimum atomic E-state index is -0.595. The Hall–Kier alpha value is -0.160. The van der Waals surface area contributed by atoms with E-state index in [1.54, 1.807) is 6.92 Å². The van der Waals surface area contributed by atoms with Gasteiger partial charge in [-0.25, -0.2) is 0 Å². The van der Waals surface area contributed by atoms with Gasteiger partial charge >= 0.3 is 0 Å². The first kappa shape index (κ1) is 21.8. The number of rotatable bonds is 17. The molecule has 134 valence electrons. The molecule has 0 aromatic heterocycles. The predicted molar refractivity (Wildman–Crippen MR) is 91.2 cm³/mol. The third-order valence-electron chi connectivity index (χ3n) is 3.62. The van der Waals surface area contributed by atoms with E-state index in [2.05, 4.69) is 6.92 Å². The third-order valence-corrected chi connectivity index (χ3v) is 3.62. The number of aliphatic hydroxyl groups excluding tert-OH is 2. The smallest absolute Gasteiger partial charge is 0.101 e. The fraction of sp³-hybridized carbons (Fsp3) is 1.00. The molecule has 0 fully saturated rings. The molecule has 0 rings (SSSR count).